The van der Waals surface area contributed by atoms with Gasteiger partial charge in [0, 0.05) is 6.20 Å². The topological polar surface area (TPSA) is 94.5 Å². The number of nitrogens with one attached hydrogen (secondary N) is 1. The molecule has 0 spiro atoms. The average molecular weight is 319 g/mol. The SMILES string of the molecule is Cc1ccn2c(F)c(C(=O)NCCOc3nonc3C)nc2c1. The number of carbonyl (C=O) groups is 1. The standard InChI is InChI=1S/C14H14FN5O3/c1-8-3-5-20-10(7-8)17-11(12(20)15)13(21)16-4-6-22-14-9(2)18-23-19-14/h3,5,7H,4,6H2,1-2H3,(H,16,21). The van der Waals surface area contributed by atoms with Crippen molar-refractivity contribution in [2.75, 3.05) is 13.2 Å². The molecule has 1 N–H and O–H groups in total. The first-order valence-electron chi connectivity index (χ1n) is 6.90. The van der Waals surface area contributed by atoms with Crippen LogP contribution in [0.4, 0.5) is 4.39 Å². The molecule has 3 heterocycles. The summed E-state index contributed by atoms with van der Waals surface area (Å²) in [5.41, 5.74) is 1.57. The van der Waals surface area contributed by atoms with E-state index in [9.17, 15) is 9.18 Å². The van der Waals surface area contributed by atoms with E-state index in [0.717, 1.165) is 5.56 Å². The van der Waals surface area contributed by atoms with Crippen molar-refractivity contribution in [1.82, 2.24) is 25.0 Å². The van der Waals surface area contributed by atoms with Gasteiger partial charge in [-0.1, -0.05) is 5.16 Å². The van der Waals surface area contributed by atoms with E-state index < -0.39 is 11.9 Å². The predicted octanol–water partition coefficient (Wildman–Crippen LogP) is 1.28. The predicted molar refractivity (Wildman–Crippen MR) is 76.8 cm³/mol. The highest BCUT2D eigenvalue weighted by Gasteiger charge is 2.18. The number of fused-ring (bicyclic) bond motifs is 1. The quantitative estimate of drug-likeness (QED) is 0.712. The summed E-state index contributed by atoms with van der Waals surface area (Å²) in [6, 6.07) is 3.44. The van der Waals surface area contributed by atoms with Crippen LogP contribution in [0.25, 0.3) is 5.65 Å². The highest BCUT2D eigenvalue weighted by molar-refractivity contribution is 5.93. The number of aromatic nitrogens is 4. The second-order valence-corrected chi connectivity index (χ2v) is 4.94. The van der Waals surface area contributed by atoms with Gasteiger partial charge in [-0.15, -0.1) is 0 Å². The van der Waals surface area contributed by atoms with Crippen molar-refractivity contribution in [3.05, 3.63) is 41.2 Å². The third-order valence-corrected chi connectivity index (χ3v) is 3.18. The molecular formula is C14H14FN5O3. The van der Waals surface area contributed by atoms with Crippen LogP contribution in [0.2, 0.25) is 0 Å². The third-order valence-electron chi connectivity index (χ3n) is 3.18. The minimum atomic E-state index is -0.699. The molecule has 0 aromatic carbocycles. The van der Waals surface area contributed by atoms with E-state index >= 15 is 0 Å². The second-order valence-electron chi connectivity index (χ2n) is 4.94. The van der Waals surface area contributed by atoms with Crippen LogP contribution in [-0.2, 0) is 0 Å². The van der Waals surface area contributed by atoms with Gasteiger partial charge in [-0.25, -0.2) is 9.61 Å². The molecule has 0 saturated heterocycles. The van der Waals surface area contributed by atoms with E-state index in [1.807, 2.05) is 6.92 Å². The van der Waals surface area contributed by atoms with Crippen molar-refractivity contribution in [2.45, 2.75) is 13.8 Å². The summed E-state index contributed by atoms with van der Waals surface area (Å²) in [6.45, 7) is 3.86. The Morgan fingerprint density at radius 1 is 1.43 bits per heavy atom. The summed E-state index contributed by atoms with van der Waals surface area (Å²) in [5, 5.41) is 9.64. The maximum Gasteiger partial charge on any atom is 0.278 e. The number of ether oxygens (including phenoxy) is 1. The lowest BCUT2D eigenvalue weighted by Crippen LogP contribution is -2.29. The lowest BCUT2D eigenvalue weighted by Gasteiger charge is -2.04. The highest BCUT2D eigenvalue weighted by atomic mass is 19.1. The molecule has 8 nitrogen and oxygen atoms in total. The summed E-state index contributed by atoms with van der Waals surface area (Å²) in [6.07, 6.45) is 1.53. The van der Waals surface area contributed by atoms with E-state index in [1.165, 1.54) is 10.6 Å². The molecule has 23 heavy (non-hydrogen) atoms. The Morgan fingerprint density at radius 3 is 3.00 bits per heavy atom. The van der Waals surface area contributed by atoms with Gasteiger partial charge in [-0.3, -0.25) is 9.20 Å². The summed E-state index contributed by atoms with van der Waals surface area (Å²) in [4.78, 5) is 16.0. The van der Waals surface area contributed by atoms with Gasteiger partial charge in [-0.05, 0) is 36.7 Å². The zero-order valence-corrected chi connectivity index (χ0v) is 12.5. The number of rotatable bonds is 5. The van der Waals surface area contributed by atoms with E-state index in [4.69, 9.17) is 4.74 Å². The molecule has 1 amide bonds. The summed E-state index contributed by atoms with van der Waals surface area (Å²) in [5.74, 6) is -1.05. The van der Waals surface area contributed by atoms with Gasteiger partial charge in [0.25, 0.3) is 11.8 Å². The fourth-order valence-electron chi connectivity index (χ4n) is 2.01. The molecular weight excluding hydrogens is 305 g/mol. The van der Waals surface area contributed by atoms with Gasteiger partial charge in [0.15, 0.2) is 5.69 Å². The Morgan fingerprint density at radius 2 is 2.26 bits per heavy atom. The van der Waals surface area contributed by atoms with Gasteiger partial charge < -0.3 is 10.1 Å². The number of halogens is 1. The van der Waals surface area contributed by atoms with Gasteiger partial charge in [0.2, 0.25) is 5.95 Å². The zero-order chi connectivity index (χ0) is 16.4. The van der Waals surface area contributed by atoms with Crippen molar-refractivity contribution in [3.63, 3.8) is 0 Å². The van der Waals surface area contributed by atoms with Crippen molar-refractivity contribution in [1.29, 1.82) is 0 Å². The van der Waals surface area contributed by atoms with Crippen LogP contribution in [0, 0.1) is 19.8 Å². The van der Waals surface area contributed by atoms with Gasteiger partial charge in [0.05, 0.1) is 6.54 Å². The lowest BCUT2D eigenvalue weighted by atomic mass is 10.3. The Bertz CT molecular complexity index is 857. The number of aryl methyl sites for hydroxylation is 2. The van der Waals surface area contributed by atoms with Gasteiger partial charge in [-0.2, -0.15) is 4.39 Å². The Balaban J connectivity index is 1.62. The Labute approximate surface area is 130 Å². The van der Waals surface area contributed by atoms with Gasteiger partial charge >= 0.3 is 0 Å². The first kappa shape index (κ1) is 14.9. The summed E-state index contributed by atoms with van der Waals surface area (Å²) in [7, 11) is 0. The molecule has 0 saturated carbocycles. The van der Waals surface area contributed by atoms with Gasteiger partial charge in [0.1, 0.15) is 17.9 Å². The van der Waals surface area contributed by atoms with Crippen molar-refractivity contribution < 1.29 is 18.6 Å². The minimum Gasteiger partial charge on any atom is -0.472 e. The number of amides is 1. The summed E-state index contributed by atoms with van der Waals surface area (Å²) >= 11 is 0. The Hall–Kier alpha value is -2.97. The fourth-order valence-corrected chi connectivity index (χ4v) is 2.01. The number of pyridine rings is 1. The zero-order valence-electron chi connectivity index (χ0n) is 12.5. The normalized spacial score (nSPS) is 10.9. The third kappa shape index (κ3) is 2.98. The molecule has 3 aromatic heterocycles. The molecule has 0 fully saturated rings. The molecule has 0 aliphatic heterocycles. The number of hydrogen-bond donors (Lipinski definition) is 1. The molecule has 9 heteroatoms. The molecule has 3 aromatic rings. The van der Waals surface area contributed by atoms with E-state index in [0.29, 0.717) is 11.3 Å². The van der Waals surface area contributed by atoms with E-state index in [1.54, 1.807) is 19.1 Å². The smallest absolute Gasteiger partial charge is 0.278 e. The van der Waals surface area contributed by atoms with Crippen molar-refractivity contribution in [2.24, 2.45) is 0 Å². The monoisotopic (exact) mass is 319 g/mol. The highest BCUT2D eigenvalue weighted by Crippen LogP contribution is 2.13. The number of nitrogens with zero attached hydrogens (tertiary/aromatic N) is 4. The van der Waals surface area contributed by atoms with Crippen LogP contribution in [-0.4, -0.2) is 38.8 Å². The molecule has 0 bridgehead atoms. The van der Waals surface area contributed by atoms with Crippen LogP contribution in [0.3, 0.4) is 0 Å². The first-order chi connectivity index (χ1) is 11.1. The molecule has 0 aliphatic rings. The average Bonchev–Trinajstić information content (AvgIpc) is 3.07. The maximum absolute atomic E-state index is 14.2. The molecule has 0 aliphatic carbocycles. The van der Waals surface area contributed by atoms with Crippen molar-refractivity contribution in [3.8, 4) is 5.88 Å². The van der Waals surface area contributed by atoms with Crippen LogP contribution < -0.4 is 10.1 Å². The summed E-state index contributed by atoms with van der Waals surface area (Å²) < 4.78 is 25.1. The largest absolute Gasteiger partial charge is 0.472 e. The minimum absolute atomic E-state index is 0.148. The molecule has 120 valence electrons. The van der Waals surface area contributed by atoms with E-state index in [-0.39, 0.29) is 24.7 Å². The van der Waals surface area contributed by atoms with Crippen LogP contribution >= 0.6 is 0 Å². The van der Waals surface area contributed by atoms with Crippen molar-refractivity contribution >= 4 is 11.6 Å². The number of carbonyl (C=O) groups excluding carboxylic acids is 1. The number of hydrogen-bond acceptors (Lipinski definition) is 6. The van der Waals surface area contributed by atoms with Crippen LogP contribution in [0.5, 0.6) is 5.88 Å². The maximum atomic E-state index is 14.2. The Kier molecular flexibility index (Phi) is 3.92. The lowest BCUT2D eigenvalue weighted by molar-refractivity contribution is 0.0937. The second kappa shape index (κ2) is 6.03. The first-order valence-corrected chi connectivity index (χ1v) is 6.90. The fraction of sp³-hybridized carbons (Fsp3) is 0.286. The molecule has 3 rings (SSSR count). The molecule has 0 unspecified atom stereocenters. The van der Waals surface area contributed by atoms with Crippen LogP contribution in [0.15, 0.2) is 23.0 Å². The van der Waals surface area contributed by atoms with Crippen LogP contribution in [0.1, 0.15) is 21.7 Å². The molecule has 0 atom stereocenters. The number of imidazole rings is 1. The molecule has 0 radical (unpaired) electrons. The van der Waals surface area contributed by atoms with E-state index in [2.05, 4.69) is 25.2 Å².